The predicted molar refractivity (Wildman–Crippen MR) is 81.3 cm³/mol. The minimum absolute atomic E-state index is 0.0121. The molecule has 4 nitrogen and oxygen atoms in total. The van der Waals surface area contributed by atoms with Gasteiger partial charge in [0.1, 0.15) is 11.8 Å². The molecule has 21 heavy (non-hydrogen) atoms. The molecule has 1 heterocycles. The number of fused-ring (bicyclic) bond motifs is 1. The second-order valence-electron chi connectivity index (χ2n) is 3.84. The fourth-order valence-electron chi connectivity index (χ4n) is 1.89. The Morgan fingerprint density at radius 1 is 0.810 bits per heavy atom. The van der Waals surface area contributed by atoms with Gasteiger partial charge in [0, 0.05) is 13.1 Å². The summed E-state index contributed by atoms with van der Waals surface area (Å²) in [4.78, 5) is 12.3. The number of nitrogens with zero attached hydrogens (tertiary/aromatic N) is 2. The van der Waals surface area contributed by atoms with Gasteiger partial charge in [-0.1, -0.05) is 42.5 Å². The maximum atomic E-state index is 12.3. The minimum Gasteiger partial charge on any atom is -0.463 e. The van der Waals surface area contributed by atoms with E-state index in [0.717, 1.165) is 5.56 Å². The van der Waals surface area contributed by atoms with Crippen molar-refractivity contribution < 1.29 is 4.42 Å². The van der Waals surface area contributed by atoms with Crippen LogP contribution in [0.15, 0.2) is 70.1 Å². The van der Waals surface area contributed by atoms with Crippen molar-refractivity contribution in [2.24, 2.45) is 0 Å². The van der Waals surface area contributed by atoms with Crippen LogP contribution < -0.4 is 5.43 Å². The van der Waals surface area contributed by atoms with Crippen LogP contribution in [0, 0.1) is 23.7 Å². The first-order chi connectivity index (χ1) is 10.4. The molecule has 0 amide bonds. The fraction of sp³-hybridized carbons (Fsp3) is 0. The summed E-state index contributed by atoms with van der Waals surface area (Å²) in [6, 6.07) is 16.8. The van der Waals surface area contributed by atoms with Crippen molar-refractivity contribution in [1.29, 1.82) is 10.5 Å². The van der Waals surface area contributed by atoms with Gasteiger partial charge in [-0.3, -0.25) is 4.79 Å². The van der Waals surface area contributed by atoms with E-state index in [2.05, 4.69) is 13.1 Å². The molecule has 2 aromatic carbocycles. The lowest BCUT2D eigenvalue weighted by Crippen LogP contribution is -2.04. The van der Waals surface area contributed by atoms with Gasteiger partial charge in [-0.25, -0.2) is 10.5 Å². The molecule has 3 rings (SSSR count). The topological polar surface area (TPSA) is 77.8 Å². The fourth-order valence-corrected chi connectivity index (χ4v) is 1.89. The van der Waals surface area contributed by atoms with E-state index in [1.165, 1.54) is 6.26 Å². The van der Waals surface area contributed by atoms with Crippen molar-refractivity contribution in [3.63, 3.8) is 0 Å². The van der Waals surface area contributed by atoms with Gasteiger partial charge in [0.25, 0.3) is 0 Å². The van der Waals surface area contributed by atoms with Gasteiger partial charge in [0.05, 0.1) is 10.9 Å². The molecule has 0 bridgehead atoms. The molecule has 1 aromatic heterocycles. The highest BCUT2D eigenvalue weighted by Crippen LogP contribution is 2.18. The number of benzene rings is 2. The molecule has 0 spiro atoms. The maximum Gasteiger partial charge on any atom is 0.200 e. The van der Waals surface area contributed by atoms with Gasteiger partial charge >= 0.3 is 0 Å². The van der Waals surface area contributed by atoms with E-state index in [1.807, 2.05) is 42.5 Å². The standard InChI is InChI=1S/C15H10O2.2CHN/c16-15-12-8-4-5-9-14(12)17-10-13(15)11-6-2-1-3-7-11;2*1-2/h1-10H;2*1H. The van der Waals surface area contributed by atoms with Gasteiger partial charge in [-0.05, 0) is 17.7 Å². The minimum atomic E-state index is 0.0121. The van der Waals surface area contributed by atoms with Crippen LogP contribution in [0.4, 0.5) is 0 Å². The van der Waals surface area contributed by atoms with E-state index in [1.54, 1.807) is 12.1 Å². The summed E-state index contributed by atoms with van der Waals surface area (Å²) in [6.07, 6.45) is 1.53. The Morgan fingerprint density at radius 3 is 2.05 bits per heavy atom. The van der Waals surface area contributed by atoms with E-state index in [4.69, 9.17) is 14.9 Å². The summed E-state index contributed by atoms with van der Waals surface area (Å²) in [5.41, 5.74) is 2.12. The van der Waals surface area contributed by atoms with Crippen LogP contribution in [-0.4, -0.2) is 0 Å². The van der Waals surface area contributed by atoms with Crippen molar-refractivity contribution >= 4 is 11.0 Å². The largest absolute Gasteiger partial charge is 0.463 e. The molecule has 0 aliphatic rings. The molecule has 0 unspecified atom stereocenters. The molecule has 0 fully saturated rings. The summed E-state index contributed by atoms with van der Waals surface area (Å²) in [7, 11) is 0. The Bertz CT molecular complexity index is 796. The van der Waals surface area contributed by atoms with Crippen LogP contribution in [0.2, 0.25) is 0 Å². The van der Waals surface area contributed by atoms with E-state index >= 15 is 0 Å². The molecule has 3 aromatic rings. The van der Waals surface area contributed by atoms with Crippen molar-refractivity contribution in [1.82, 2.24) is 0 Å². The van der Waals surface area contributed by atoms with Crippen LogP contribution in [-0.2, 0) is 0 Å². The number of para-hydroxylation sites is 1. The lowest BCUT2D eigenvalue weighted by atomic mass is 10.1. The second kappa shape index (κ2) is 7.93. The molecule has 0 atom stereocenters. The number of hydrogen-bond acceptors (Lipinski definition) is 4. The average molecular weight is 276 g/mol. The van der Waals surface area contributed by atoms with Gasteiger partial charge in [-0.15, -0.1) is 0 Å². The predicted octanol–water partition coefficient (Wildman–Crippen LogP) is 3.74. The lowest BCUT2D eigenvalue weighted by Gasteiger charge is -2.01. The SMILES string of the molecule is C#N.C#N.O=c1c(-c2ccccc2)coc2ccccc12. The van der Waals surface area contributed by atoms with Crippen LogP contribution >= 0.6 is 0 Å². The zero-order chi connectivity index (χ0) is 15.7. The smallest absolute Gasteiger partial charge is 0.200 e. The molecule has 102 valence electrons. The highest BCUT2D eigenvalue weighted by molar-refractivity contribution is 5.81. The van der Waals surface area contributed by atoms with Crippen LogP contribution in [0.5, 0.6) is 0 Å². The molecule has 0 N–H and O–H groups in total. The molecular weight excluding hydrogens is 264 g/mol. The second-order valence-corrected chi connectivity index (χ2v) is 3.84. The van der Waals surface area contributed by atoms with Crippen LogP contribution in [0.1, 0.15) is 0 Å². The summed E-state index contributed by atoms with van der Waals surface area (Å²) < 4.78 is 5.48. The van der Waals surface area contributed by atoms with Crippen molar-refractivity contribution in [2.75, 3.05) is 0 Å². The quantitative estimate of drug-likeness (QED) is 0.678. The van der Waals surface area contributed by atoms with Gasteiger partial charge in [-0.2, -0.15) is 0 Å². The maximum absolute atomic E-state index is 12.3. The number of rotatable bonds is 1. The normalized spacial score (nSPS) is 8.76. The van der Waals surface area contributed by atoms with Crippen LogP contribution in [0.25, 0.3) is 22.1 Å². The number of hydrogen-bond donors (Lipinski definition) is 0. The number of nitriles is 2. The van der Waals surface area contributed by atoms with Gasteiger partial charge < -0.3 is 4.42 Å². The summed E-state index contributed by atoms with van der Waals surface area (Å²) in [5, 5.41) is 13.6. The Balaban J connectivity index is 0.000000510. The molecule has 0 saturated carbocycles. The summed E-state index contributed by atoms with van der Waals surface area (Å²) >= 11 is 0. The Labute approximate surface area is 122 Å². The van der Waals surface area contributed by atoms with E-state index in [-0.39, 0.29) is 5.43 Å². The van der Waals surface area contributed by atoms with Crippen molar-refractivity contribution in [3.8, 4) is 24.3 Å². The zero-order valence-corrected chi connectivity index (χ0v) is 11.1. The molecule has 0 aliphatic carbocycles. The van der Waals surface area contributed by atoms with Gasteiger partial charge in [0.2, 0.25) is 0 Å². The summed E-state index contributed by atoms with van der Waals surface area (Å²) in [5.74, 6) is 0. The van der Waals surface area contributed by atoms with Crippen molar-refractivity contribution in [3.05, 3.63) is 71.1 Å². The van der Waals surface area contributed by atoms with E-state index in [9.17, 15) is 4.79 Å². The van der Waals surface area contributed by atoms with Crippen LogP contribution in [0.3, 0.4) is 0 Å². The highest BCUT2D eigenvalue weighted by atomic mass is 16.3. The van der Waals surface area contributed by atoms with E-state index < -0.39 is 0 Å². The lowest BCUT2D eigenvalue weighted by molar-refractivity contribution is 0.604. The highest BCUT2D eigenvalue weighted by Gasteiger charge is 2.07. The third-order valence-electron chi connectivity index (χ3n) is 2.76. The van der Waals surface area contributed by atoms with Crippen molar-refractivity contribution in [2.45, 2.75) is 0 Å². The zero-order valence-electron chi connectivity index (χ0n) is 11.1. The van der Waals surface area contributed by atoms with E-state index in [0.29, 0.717) is 16.5 Å². The third-order valence-corrected chi connectivity index (χ3v) is 2.76. The first-order valence-corrected chi connectivity index (χ1v) is 5.94. The molecular formula is C17H12N2O2. The molecule has 0 radical (unpaired) electrons. The first-order valence-electron chi connectivity index (χ1n) is 5.94. The Kier molecular flexibility index (Phi) is 5.93. The Hall–Kier alpha value is -3.37. The first kappa shape index (κ1) is 15.7. The van der Waals surface area contributed by atoms with Gasteiger partial charge in [0.15, 0.2) is 5.43 Å². The molecule has 0 saturated heterocycles. The summed E-state index contributed by atoms with van der Waals surface area (Å²) in [6.45, 7) is 7.00. The molecule has 0 aliphatic heterocycles. The Morgan fingerprint density at radius 2 is 1.38 bits per heavy atom. The monoisotopic (exact) mass is 276 g/mol. The molecule has 4 heteroatoms. The third kappa shape index (κ3) is 3.34. The average Bonchev–Trinajstić information content (AvgIpc) is 2.60.